The van der Waals surface area contributed by atoms with E-state index in [4.69, 9.17) is 0 Å². The first kappa shape index (κ1) is 18.0. The molecule has 0 spiro atoms. The van der Waals surface area contributed by atoms with Crippen molar-refractivity contribution < 1.29 is 36.4 Å². The van der Waals surface area contributed by atoms with Crippen LogP contribution in [0, 0.1) is 17.0 Å². The standard InChI is InChI=1S/C12H9F6N3O3/c1-6-7-4-19-20(9(7)3-2-8(6)21(23)24)5-10(22,11(13,14)15)12(16,17)18/h2-4,22H,5H2,1H3. The van der Waals surface area contributed by atoms with Gasteiger partial charge in [-0.3, -0.25) is 14.8 Å². The van der Waals surface area contributed by atoms with Crippen LogP contribution >= 0.6 is 0 Å². The first-order valence-electron chi connectivity index (χ1n) is 6.25. The van der Waals surface area contributed by atoms with E-state index >= 15 is 0 Å². The summed E-state index contributed by atoms with van der Waals surface area (Å²) >= 11 is 0. The monoisotopic (exact) mass is 357 g/mol. The molecule has 6 nitrogen and oxygen atoms in total. The number of benzene rings is 1. The molecule has 0 amide bonds. The molecule has 1 heterocycles. The molecule has 2 aromatic rings. The van der Waals surface area contributed by atoms with E-state index in [9.17, 15) is 41.6 Å². The molecular weight excluding hydrogens is 348 g/mol. The molecule has 132 valence electrons. The fraction of sp³-hybridized carbons (Fsp3) is 0.417. The molecule has 2 rings (SSSR count). The number of alkyl halides is 6. The summed E-state index contributed by atoms with van der Waals surface area (Å²) in [6.45, 7) is -0.646. The van der Waals surface area contributed by atoms with Crippen LogP contribution in [0.4, 0.5) is 32.0 Å². The van der Waals surface area contributed by atoms with Crippen LogP contribution in [0.3, 0.4) is 0 Å². The summed E-state index contributed by atoms with van der Waals surface area (Å²) in [5.74, 6) is 0. The van der Waals surface area contributed by atoms with Crippen LogP contribution in [0.25, 0.3) is 10.9 Å². The molecule has 1 aromatic heterocycles. The van der Waals surface area contributed by atoms with Crippen LogP contribution in [0.15, 0.2) is 18.3 Å². The van der Waals surface area contributed by atoms with Gasteiger partial charge in [-0.25, -0.2) is 0 Å². The minimum absolute atomic E-state index is 0.0101. The van der Waals surface area contributed by atoms with Gasteiger partial charge in [0.05, 0.1) is 23.2 Å². The summed E-state index contributed by atoms with van der Waals surface area (Å²) in [6, 6.07) is 1.91. The van der Waals surface area contributed by atoms with Crippen LogP contribution in [0.1, 0.15) is 5.56 Å². The van der Waals surface area contributed by atoms with Crippen molar-refractivity contribution in [3.05, 3.63) is 34.0 Å². The van der Waals surface area contributed by atoms with Gasteiger partial charge in [-0.1, -0.05) is 0 Å². The molecule has 24 heavy (non-hydrogen) atoms. The highest BCUT2D eigenvalue weighted by molar-refractivity contribution is 5.85. The minimum atomic E-state index is -5.99. The van der Waals surface area contributed by atoms with E-state index in [1.165, 1.54) is 6.92 Å². The zero-order valence-electron chi connectivity index (χ0n) is 11.8. The third-order valence-corrected chi connectivity index (χ3v) is 3.58. The molecule has 0 unspecified atom stereocenters. The average molecular weight is 357 g/mol. The first-order chi connectivity index (χ1) is 10.8. The van der Waals surface area contributed by atoms with E-state index < -0.39 is 29.4 Å². The molecule has 12 heteroatoms. The number of aryl methyl sites for hydroxylation is 1. The molecule has 0 atom stereocenters. The fourth-order valence-electron chi connectivity index (χ4n) is 2.16. The van der Waals surface area contributed by atoms with Gasteiger partial charge < -0.3 is 5.11 Å². The van der Waals surface area contributed by atoms with Gasteiger partial charge in [-0.05, 0) is 13.0 Å². The van der Waals surface area contributed by atoms with Crippen molar-refractivity contribution >= 4 is 16.6 Å². The Kier molecular flexibility index (Phi) is 3.99. The van der Waals surface area contributed by atoms with Crippen molar-refractivity contribution in [3.63, 3.8) is 0 Å². The molecule has 0 bridgehead atoms. The zero-order chi connectivity index (χ0) is 18.5. The number of aromatic nitrogens is 2. The topological polar surface area (TPSA) is 81.2 Å². The van der Waals surface area contributed by atoms with Gasteiger partial charge in [0.15, 0.2) is 0 Å². The average Bonchev–Trinajstić information content (AvgIpc) is 2.80. The largest absolute Gasteiger partial charge is 0.428 e. The lowest BCUT2D eigenvalue weighted by molar-refractivity contribution is -0.385. The second kappa shape index (κ2) is 5.33. The second-order valence-electron chi connectivity index (χ2n) is 5.06. The Bertz CT molecular complexity index is 782. The number of nitro benzene ring substituents is 1. The maximum Gasteiger partial charge on any atom is 0.428 e. The van der Waals surface area contributed by atoms with Crippen molar-refractivity contribution in [2.24, 2.45) is 0 Å². The Morgan fingerprint density at radius 3 is 2.21 bits per heavy atom. The molecule has 0 saturated heterocycles. The van der Waals surface area contributed by atoms with Gasteiger partial charge >= 0.3 is 12.4 Å². The predicted molar refractivity (Wildman–Crippen MR) is 68.2 cm³/mol. The molecule has 1 aromatic carbocycles. The third-order valence-electron chi connectivity index (χ3n) is 3.58. The molecular formula is C12H9F6N3O3. The van der Waals surface area contributed by atoms with Crippen molar-refractivity contribution in [3.8, 4) is 0 Å². The van der Waals surface area contributed by atoms with E-state index in [0.717, 1.165) is 18.3 Å². The van der Waals surface area contributed by atoms with E-state index in [1.54, 1.807) is 0 Å². The van der Waals surface area contributed by atoms with Crippen molar-refractivity contribution in [1.29, 1.82) is 0 Å². The lowest BCUT2D eigenvalue weighted by atomic mass is 10.0. The lowest BCUT2D eigenvalue weighted by Crippen LogP contribution is -2.59. The molecule has 0 aliphatic carbocycles. The van der Waals surface area contributed by atoms with Crippen LogP contribution in [-0.4, -0.2) is 37.8 Å². The van der Waals surface area contributed by atoms with E-state index in [-0.39, 0.29) is 22.2 Å². The first-order valence-corrected chi connectivity index (χ1v) is 6.25. The van der Waals surface area contributed by atoms with Gasteiger partial charge in [-0.2, -0.15) is 31.4 Å². The second-order valence-corrected chi connectivity index (χ2v) is 5.06. The highest BCUT2D eigenvalue weighted by Gasteiger charge is 2.70. The molecule has 0 aliphatic heterocycles. The van der Waals surface area contributed by atoms with Crippen LogP contribution in [0.5, 0.6) is 0 Å². The summed E-state index contributed by atoms with van der Waals surface area (Å²) in [7, 11) is 0. The van der Waals surface area contributed by atoms with E-state index in [1.807, 2.05) is 0 Å². The number of aliphatic hydroxyl groups is 1. The summed E-state index contributed by atoms with van der Waals surface area (Å²) < 4.78 is 76.8. The lowest BCUT2D eigenvalue weighted by Gasteiger charge is -2.32. The van der Waals surface area contributed by atoms with Gasteiger partial charge in [0.2, 0.25) is 0 Å². The molecule has 1 N–H and O–H groups in total. The van der Waals surface area contributed by atoms with Crippen molar-refractivity contribution in [2.45, 2.75) is 31.4 Å². The molecule has 0 fully saturated rings. The third kappa shape index (κ3) is 2.66. The van der Waals surface area contributed by atoms with Gasteiger partial charge in [0.1, 0.15) is 0 Å². The Labute approximate surface area is 129 Å². The van der Waals surface area contributed by atoms with Crippen LogP contribution in [-0.2, 0) is 6.54 Å². The highest BCUT2D eigenvalue weighted by Crippen LogP contribution is 2.44. The van der Waals surface area contributed by atoms with Crippen molar-refractivity contribution in [1.82, 2.24) is 9.78 Å². The van der Waals surface area contributed by atoms with Gasteiger partial charge in [-0.15, -0.1) is 0 Å². The Morgan fingerprint density at radius 2 is 1.75 bits per heavy atom. The Morgan fingerprint density at radius 1 is 1.21 bits per heavy atom. The molecule has 0 saturated carbocycles. The molecule has 0 aliphatic rings. The van der Waals surface area contributed by atoms with Gasteiger partial charge in [0, 0.05) is 17.0 Å². The smallest absolute Gasteiger partial charge is 0.372 e. The van der Waals surface area contributed by atoms with E-state index in [0.29, 0.717) is 4.68 Å². The van der Waals surface area contributed by atoms with Gasteiger partial charge in [0.25, 0.3) is 11.3 Å². The maximum atomic E-state index is 12.7. The normalized spacial score (nSPS) is 13.5. The SMILES string of the molecule is Cc1c([N+](=O)[O-])ccc2c1cnn2CC(O)(C(F)(F)F)C(F)(F)F. The molecule has 0 radical (unpaired) electrons. The fourth-order valence-corrected chi connectivity index (χ4v) is 2.16. The number of fused-ring (bicyclic) bond motifs is 1. The number of hydrogen-bond acceptors (Lipinski definition) is 4. The summed E-state index contributed by atoms with van der Waals surface area (Å²) in [5, 5.41) is 23.4. The predicted octanol–water partition coefficient (Wildman–Crippen LogP) is 3.11. The van der Waals surface area contributed by atoms with Crippen LogP contribution in [0.2, 0.25) is 0 Å². The zero-order valence-corrected chi connectivity index (χ0v) is 11.8. The number of rotatable bonds is 3. The van der Waals surface area contributed by atoms with Crippen LogP contribution < -0.4 is 0 Å². The highest BCUT2D eigenvalue weighted by atomic mass is 19.4. The Hall–Kier alpha value is -2.37. The number of halogens is 6. The summed E-state index contributed by atoms with van der Waals surface area (Å²) in [4.78, 5) is 10.1. The quantitative estimate of drug-likeness (QED) is 0.520. The van der Waals surface area contributed by atoms with Crippen molar-refractivity contribution in [2.75, 3.05) is 0 Å². The number of nitrogens with zero attached hydrogens (tertiary/aromatic N) is 3. The summed E-state index contributed by atoms with van der Waals surface area (Å²) in [6.07, 6.45) is -11.1. The number of hydrogen-bond donors (Lipinski definition) is 1. The minimum Gasteiger partial charge on any atom is -0.372 e. The number of nitro groups is 1. The Balaban J connectivity index is 2.58. The van der Waals surface area contributed by atoms with E-state index in [2.05, 4.69) is 5.10 Å². The summed E-state index contributed by atoms with van der Waals surface area (Å²) in [5.41, 5.74) is -5.53. The maximum absolute atomic E-state index is 12.7.